The van der Waals surface area contributed by atoms with Crippen LogP contribution in [0.25, 0.3) is 0 Å². The lowest BCUT2D eigenvalue weighted by atomic mass is 9.76. The van der Waals surface area contributed by atoms with Crippen molar-refractivity contribution >= 4 is 15.8 Å². The quantitative estimate of drug-likeness (QED) is 0.547. The van der Waals surface area contributed by atoms with Crippen molar-refractivity contribution in [1.82, 2.24) is 9.71 Å². The zero-order valence-electron chi connectivity index (χ0n) is 10.3. The summed E-state index contributed by atoms with van der Waals surface area (Å²) in [6.07, 6.45) is 5.09. The Morgan fingerprint density at radius 3 is 2.72 bits per heavy atom. The highest BCUT2D eigenvalue weighted by Gasteiger charge is 2.39. The Hall–Kier alpha value is -1.18. The van der Waals surface area contributed by atoms with Crippen LogP contribution in [0.4, 0.5) is 5.82 Å². The highest BCUT2D eigenvalue weighted by Crippen LogP contribution is 2.36. The van der Waals surface area contributed by atoms with Crippen LogP contribution in [-0.4, -0.2) is 18.9 Å². The SMILES string of the molecule is CCC1(NS(=O)(=O)c2ccnc(NN)c2)CCC1. The fourth-order valence-electron chi connectivity index (χ4n) is 2.13. The number of aromatic nitrogens is 1. The topological polar surface area (TPSA) is 97.1 Å². The molecule has 2 rings (SSSR count). The molecule has 18 heavy (non-hydrogen) atoms. The second kappa shape index (κ2) is 4.83. The van der Waals surface area contributed by atoms with E-state index in [1.54, 1.807) is 0 Å². The lowest BCUT2D eigenvalue weighted by molar-refractivity contribution is 0.214. The molecule has 1 fully saturated rings. The predicted molar refractivity (Wildman–Crippen MR) is 69.2 cm³/mol. The van der Waals surface area contributed by atoms with E-state index in [4.69, 9.17) is 5.84 Å². The Balaban J connectivity index is 2.24. The molecule has 1 aliphatic rings. The van der Waals surface area contributed by atoms with Crippen LogP contribution >= 0.6 is 0 Å². The molecule has 0 atom stereocenters. The third-order valence-electron chi connectivity index (χ3n) is 3.53. The van der Waals surface area contributed by atoms with E-state index in [0.717, 1.165) is 25.7 Å². The molecule has 6 nitrogen and oxygen atoms in total. The number of rotatable bonds is 5. The fourth-order valence-corrected chi connectivity index (χ4v) is 3.68. The first kappa shape index (κ1) is 13.3. The Morgan fingerprint density at radius 1 is 1.50 bits per heavy atom. The second-order valence-corrected chi connectivity index (χ2v) is 6.30. The van der Waals surface area contributed by atoms with E-state index in [1.807, 2.05) is 6.92 Å². The minimum atomic E-state index is -3.51. The summed E-state index contributed by atoms with van der Waals surface area (Å²) in [5.74, 6) is 5.56. The molecule has 100 valence electrons. The van der Waals surface area contributed by atoms with Crippen LogP contribution in [0.5, 0.6) is 0 Å². The number of hydrazine groups is 1. The fraction of sp³-hybridized carbons (Fsp3) is 0.545. The molecule has 4 N–H and O–H groups in total. The van der Waals surface area contributed by atoms with E-state index < -0.39 is 10.0 Å². The van der Waals surface area contributed by atoms with E-state index >= 15 is 0 Å². The van der Waals surface area contributed by atoms with Gasteiger partial charge in [-0.1, -0.05) is 6.92 Å². The average molecular weight is 270 g/mol. The number of sulfonamides is 1. The van der Waals surface area contributed by atoms with Gasteiger partial charge >= 0.3 is 0 Å². The molecule has 7 heteroatoms. The van der Waals surface area contributed by atoms with E-state index in [1.165, 1.54) is 18.3 Å². The largest absolute Gasteiger partial charge is 0.308 e. The van der Waals surface area contributed by atoms with Crippen molar-refractivity contribution in [2.45, 2.75) is 43.0 Å². The first-order valence-corrected chi connectivity index (χ1v) is 7.46. The van der Waals surface area contributed by atoms with Crippen LogP contribution in [0.1, 0.15) is 32.6 Å². The van der Waals surface area contributed by atoms with Gasteiger partial charge in [-0.25, -0.2) is 24.0 Å². The molecular formula is C11H18N4O2S. The Morgan fingerprint density at radius 2 is 2.22 bits per heavy atom. The van der Waals surface area contributed by atoms with E-state index in [0.29, 0.717) is 5.82 Å². The van der Waals surface area contributed by atoms with Crippen LogP contribution < -0.4 is 16.0 Å². The third kappa shape index (κ3) is 2.47. The molecule has 1 saturated carbocycles. The van der Waals surface area contributed by atoms with Gasteiger partial charge in [-0.05, 0) is 31.7 Å². The minimum Gasteiger partial charge on any atom is -0.308 e. The summed E-state index contributed by atoms with van der Waals surface area (Å²) in [4.78, 5) is 4.08. The van der Waals surface area contributed by atoms with Gasteiger partial charge < -0.3 is 5.43 Å². The van der Waals surface area contributed by atoms with Gasteiger partial charge in [-0.3, -0.25) is 0 Å². The number of anilines is 1. The highest BCUT2D eigenvalue weighted by atomic mass is 32.2. The normalized spacial score (nSPS) is 18.1. The van der Waals surface area contributed by atoms with Gasteiger partial charge in [0.15, 0.2) is 0 Å². The summed E-state index contributed by atoms with van der Waals surface area (Å²) in [6.45, 7) is 2.00. The zero-order chi connectivity index (χ0) is 13.2. The summed E-state index contributed by atoms with van der Waals surface area (Å²) in [7, 11) is -3.51. The van der Waals surface area contributed by atoms with Gasteiger partial charge in [-0.2, -0.15) is 0 Å². The lowest BCUT2D eigenvalue weighted by Crippen LogP contribution is -2.52. The van der Waals surface area contributed by atoms with Crippen LogP contribution in [0.2, 0.25) is 0 Å². The first-order chi connectivity index (χ1) is 8.51. The van der Waals surface area contributed by atoms with E-state index in [-0.39, 0.29) is 10.4 Å². The molecule has 1 aliphatic carbocycles. The monoisotopic (exact) mass is 270 g/mol. The van der Waals surface area contributed by atoms with Crippen molar-refractivity contribution in [3.8, 4) is 0 Å². The minimum absolute atomic E-state index is 0.185. The second-order valence-electron chi connectivity index (χ2n) is 4.61. The van der Waals surface area contributed by atoms with Crippen LogP contribution in [0, 0.1) is 0 Å². The summed E-state index contributed by atoms with van der Waals surface area (Å²) < 4.78 is 27.3. The number of nitrogens with one attached hydrogen (secondary N) is 2. The molecule has 0 spiro atoms. The molecular weight excluding hydrogens is 252 g/mol. The summed E-state index contributed by atoms with van der Waals surface area (Å²) in [5, 5.41) is 0. The number of hydrogen-bond acceptors (Lipinski definition) is 5. The third-order valence-corrected chi connectivity index (χ3v) is 5.10. The molecule has 1 aromatic rings. The van der Waals surface area contributed by atoms with Crippen molar-refractivity contribution < 1.29 is 8.42 Å². The molecule has 0 amide bonds. The molecule has 0 radical (unpaired) electrons. The number of nitrogens with zero attached hydrogens (tertiary/aromatic N) is 1. The van der Waals surface area contributed by atoms with E-state index in [9.17, 15) is 8.42 Å². The van der Waals surface area contributed by atoms with Crippen LogP contribution in [0.3, 0.4) is 0 Å². The summed E-state index contributed by atoms with van der Waals surface area (Å²) in [6, 6.07) is 2.88. The predicted octanol–water partition coefficient (Wildman–Crippen LogP) is 0.978. The average Bonchev–Trinajstić information content (AvgIpc) is 2.34. The molecule has 1 aromatic heterocycles. The molecule has 0 bridgehead atoms. The van der Waals surface area contributed by atoms with Crippen molar-refractivity contribution in [2.24, 2.45) is 5.84 Å². The van der Waals surface area contributed by atoms with Crippen molar-refractivity contribution in [1.29, 1.82) is 0 Å². The molecule has 0 aromatic carbocycles. The highest BCUT2D eigenvalue weighted by molar-refractivity contribution is 7.89. The van der Waals surface area contributed by atoms with Crippen molar-refractivity contribution in [3.63, 3.8) is 0 Å². The van der Waals surface area contributed by atoms with Crippen LogP contribution in [0.15, 0.2) is 23.2 Å². The smallest absolute Gasteiger partial charge is 0.241 e. The zero-order valence-corrected chi connectivity index (χ0v) is 11.1. The summed E-state index contributed by atoms with van der Waals surface area (Å²) in [5.41, 5.74) is 2.08. The van der Waals surface area contributed by atoms with Crippen molar-refractivity contribution in [3.05, 3.63) is 18.3 Å². The van der Waals surface area contributed by atoms with Gasteiger partial charge in [0.25, 0.3) is 0 Å². The Bertz CT molecular complexity index is 520. The lowest BCUT2D eigenvalue weighted by Gasteiger charge is -2.41. The first-order valence-electron chi connectivity index (χ1n) is 5.98. The van der Waals surface area contributed by atoms with E-state index in [2.05, 4.69) is 15.1 Å². The molecule has 1 heterocycles. The Kier molecular flexibility index (Phi) is 3.56. The van der Waals surface area contributed by atoms with Gasteiger partial charge in [0.1, 0.15) is 5.82 Å². The number of nitrogens with two attached hydrogens (primary N) is 1. The molecule has 0 unspecified atom stereocenters. The standard InChI is InChI=1S/C11H18N4O2S/c1-2-11(5-3-6-11)15-18(16,17)9-4-7-13-10(8-9)14-12/h4,7-8,15H,2-3,5-6,12H2,1H3,(H,13,14). The van der Waals surface area contributed by atoms with Gasteiger partial charge in [0, 0.05) is 17.8 Å². The van der Waals surface area contributed by atoms with Gasteiger partial charge in [-0.15, -0.1) is 0 Å². The number of pyridine rings is 1. The maximum Gasteiger partial charge on any atom is 0.241 e. The van der Waals surface area contributed by atoms with Gasteiger partial charge in [0.05, 0.1) is 4.90 Å². The molecule has 0 saturated heterocycles. The Labute approximate surface area is 107 Å². The maximum absolute atomic E-state index is 12.3. The number of nitrogen functional groups attached to an aromatic ring is 1. The summed E-state index contributed by atoms with van der Waals surface area (Å²) >= 11 is 0. The number of hydrogen-bond donors (Lipinski definition) is 3. The maximum atomic E-state index is 12.3. The van der Waals surface area contributed by atoms with Crippen LogP contribution in [-0.2, 0) is 10.0 Å². The van der Waals surface area contributed by atoms with Crippen molar-refractivity contribution in [2.75, 3.05) is 5.43 Å². The molecule has 0 aliphatic heterocycles. The van der Waals surface area contributed by atoms with Gasteiger partial charge in [0.2, 0.25) is 10.0 Å².